The van der Waals surface area contributed by atoms with Crippen molar-refractivity contribution in [2.45, 2.75) is 65.0 Å². The number of morpholine rings is 1. The molecule has 1 aromatic rings. The molecule has 9 nitrogen and oxygen atoms in total. The normalized spacial score (nSPS) is 19.4. The largest absolute Gasteiger partial charge is 0.379 e. The molecule has 0 aromatic carbocycles. The third kappa shape index (κ3) is 8.01. The van der Waals surface area contributed by atoms with E-state index in [0.717, 1.165) is 83.0 Å². The molecular formula is C23H43N7O2. The van der Waals surface area contributed by atoms with Gasteiger partial charge in [-0.1, -0.05) is 12.8 Å². The molecule has 1 unspecified atom stereocenters. The SMILES string of the molecule is CCOC(CCNC(=NCc1nnc(C)n1C)NCCCN1CCOCC1)C1CCCC1. The topological polar surface area (TPSA) is 88.8 Å². The smallest absolute Gasteiger partial charge is 0.191 e. The van der Waals surface area contributed by atoms with Crippen LogP contribution in [-0.4, -0.2) is 84.3 Å². The minimum absolute atomic E-state index is 0.346. The van der Waals surface area contributed by atoms with E-state index in [-0.39, 0.29) is 0 Å². The number of nitrogens with one attached hydrogen (secondary N) is 2. The first kappa shape index (κ1) is 24.9. The van der Waals surface area contributed by atoms with E-state index in [4.69, 9.17) is 14.5 Å². The lowest BCUT2D eigenvalue weighted by Crippen LogP contribution is -2.42. The van der Waals surface area contributed by atoms with E-state index in [9.17, 15) is 0 Å². The predicted octanol–water partition coefficient (Wildman–Crippen LogP) is 1.87. The molecule has 0 bridgehead atoms. The van der Waals surface area contributed by atoms with Gasteiger partial charge >= 0.3 is 0 Å². The Morgan fingerprint density at radius 2 is 1.94 bits per heavy atom. The zero-order chi connectivity index (χ0) is 22.6. The summed E-state index contributed by atoms with van der Waals surface area (Å²) in [7, 11) is 1.98. The standard InChI is InChI=1S/C23H43N7O2/c1-4-32-21(20-8-5-6-9-20)10-12-25-23(26-18-22-28-27-19(2)29(22)3)24-11-7-13-30-14-16-31-17-15-30/h20-21H,4-18H2,1-3H3,(H2,24,25,26). The van der Waals surface area contributed by atoms with Crippen LogP contribution >= 0.6 is 0 Å². The Hall–Kier alpha value is -1.71. The molecule has 2 aliphatic rings. The summed E-state index contributed by atoms with van der Waals surface area (Å²) in [5.74, 6) is 3.32. The van der Waals surface area contributed by atoms with Crippen LogP contribution in [-0.2, 0) is 23.1 Å². The molecule has 1 saturated heterocycles. The Balaban J connectivity index is 1.49. The zero-order valence-electron chi connectivity index (χ0n) is 20.3. The third-order valence-electron chi connectivity index (χ3n) is 6.64. The van der Waals surface area contributed by atoms with Crippen molar-refractivity contribution < 1.29 is 9.47 Å². The predicted molar refractivity (Wildman–Crippen MR) is 127 cm³/mol. The fraction of sp³-hybridized carbons (Fsp3) is 0.870. The van der Waals surface area contributed by atoms with Crippen LogP contribution in [0.3, 0.4) is 0 Å². The van der Waals surface area contributed by atoms with Crippen LogP contribution in [0.2, 0.25) is 0 Å². The van der Waals surface area contributed by atoms with E-state index in [2.05, 4.69) is 32.7 Å². The lowest BCUT2D eigenvalue weighted by Gasteiger charge is -2.26. The van der Waals surface area contributed by atoms with E-state index in [1.165, 1.54) is 25.7 Å². The van der Waals surface area contributed by atoms with Crippen molar-refractivity contribution in [1.82, 2.24) is 30.3 Å². The van der Waals surface area contributed by atoms with Gasteiger partial charge in [0.2, 0.25) is 0 Å². The summed E-state index contributed by atoms with van der Waals surface area (Å²) in [4.78, 5) is 7.25. The van der Waals surface area contributed by atoms with Crippen molar-refractivity contribution in [3.8, 4) is 0 Å². The second kappa shape index (κ2) is 13.7. The maximum absolute atomic E-state index is 6.08. The summed E-state index contributed by atoms with van der Waals surface area (Å²) in [6.45, 7) is 11.9. The van der Waals surface area contributed by atoms with Crippen LogP contribution in [0.1, 0.15) is 57.1 Å². The average molecular weight is 450 g/mol. The number of aryl methyl sites for hydroxylation is 1. The maximum atomic E-state index is 6.08. The van der Waals surface area contributed by atoms with Crippen LogP contribution in [0.25, 0.3) is 0 Å². The van der Waals surface area contributed by atoms with Crippen LogP contribution in [0, 0.1) is 12.8 Å². The van der Waals surface area contributed by atoms with Gasteiger partial charge in [0.1, 0.15) is 12.4 Å². The van der Waals surface area contributed by atoms with E-state index in [1.54, 1.807) is 0 Å². The Bertz CT molecular complexity index is 682. The Labute approximate surface area is 193 Å². The maximum Gasteiger partial charge on any atom is 0.191 e. The second-order valence-electron chi connectivity index (χ2n) is 8.88. The highest BCUT2D eigenvalue weighted by Crippen LogP contribution is 2.30. The molecule has 182 valence electrons. The van der Waals surface area contributed by atoms with Crippen LogP contribution < -0.4 is 10.6 Å². The summed E-state index contributed by atoms with van der Waals surface area (Å²) in [5, 5.41) is 15.4. The first-order valence-electron chi connectivity index (χ1n) is 12.5. The van der Waals surface area contributed by atoms with E-state index in [0.29, 0.717) is 18.6 Å². The summed E-state index contributed by atoms with van der Waals surface area (Å²) in [6, 6.07) is 0. The molecule has 32 heavy (non-hydrogen) atoms. The van der Waals surface area contributed by atoms with E-state index in [1.807, 2.05) is 18.5 Å². The van der Waals surface area contributed by atoms with Crippen molar-refractivity contribution in [3.05, 3.63) is 11.6 Å². The third-order valence-corrected chi connectivity index (χ3v) is 6.64. The molecule has 1 aliphatic carbocycles. The van der Waals surface area contributed by atoms with Gasteiger partial charge in [-0.15, -0.1) is 10.2 Å². The van der Waals surface area contributed by atoms with Crippen LogP contribution in [0.15, 0.2) is 4.99 Å². The van der Waals surface area contributed by atoms with Gasteiger partial charge in [0.15, 0.2) is 11.8 Å². The van der Waals surface area contributed by atoms with Crippen LogP contribution in [0.4, 0.5) is 0 Å². The van der Waals surface area contributed by atoms with Crippen molar-refractivity contribution in [2.24, 2.45) is 18.0 Å². The second-order valence-corrected chi connectivity index (χ2v) is 8.88. The molecule has 0 amide bonds. The monoisotopic (exact) mass is 449 g/mol. The molecule has 1 aromatic heterocycles. The number of aliphatic imine (C=N–C) groups is 1. The van der Waals surface area contributed by atoms with Gasteiger partial charge in [0, 0.05) is 39.8 Å². The number of aromatic nitrogens is 3. The van der Waals surface area contributed by atoms with Crippen molar-refractivity contribution in [2.75, 3.05) is 52.5 Å². The van der Waals surface area contributed by atoms with Gasteiger partial charge in [-0.3, -0.25) is 4.90 Å². The summed E-state index contributed by atoms with van der Waals surface area (Å²) in [5.41, 5.74) is 0. The van der Waals surface area contributed by atoms with Gasteiger partial charge in [0.25, 0.3) is 0 Å². The molecule has 9 heteroatoms. The quantitative estimate of drug-likeness (QED) is 0.286. The number of hydrogen-bond donors (Lipinski definition) is 2. The summed E-state index contributed by atoms with van der Waals surface area (Å²) >= 11 is 0. The molecule has 2 heterocycles. The molecule has 1 saturated carbocycles. The van der Waals surface area contributed by atoms with Crippen LogP contribution in [0.5, 0.6) is 0 Å². The highest BCUT2D eigenvalue weighted by atomic mass is 16.5. The van der Waals surface area contributed by atoms with Crippen molar-refractivity contribution in [3.63, 3.8) is 0 Å². The minimum atomic E-state index is 0.346. The van der Waals surface area contributed by atoms with Gasteiger partial charge in [-0.05, 0) is 52.0 Å². The summed E-state index contributed by atoms with van der Waals surface area (Å²) < 4.78 is 13.5. The molecule has 0 radical (unpaired) electrons. The fourth-order valence-corrected chi connectivity index (χ4v) is 4.58. The minimum Gasteiger partial charge on any atom is -0.379 e. The molecule has 2 fully saturated rings. The average Bonchev–Trinajstić information content (AvgIpc) is 3.45. The first-order chi connectivity index (χ1) is 15.7. The Morgan fingerprint density at radius 3 is 2.62 bits per heavy atom. The van der Waals surface area contributed by atoms with Crippen molar-refractivity contribution >= 4 is 5.96 Å². The van der Waals surface area contributed by atoms with Gasteiger partial charge in [-0.25, -0.2) is 4.99 Å². The molecular weight excluding hydrogens is 406 g/mol. The number of hydrogen-bond acceptors (Lipinski definition) is 6. The number of nitrogens with zero attached hydrogens (tertiary/aromatic N) is 5. The lowest BCUT2D eigenvalue weighted by molar-refractivity contribution is 0.0169. The van der Waals surface area contributed by atoms with Gasteiger partial charge < -0.3 is 24.7 Å². The molecule has 1 aliphatic heterocycles. The fourth-order valence-electron chi connectivity index (χ4n) is 4.58. The molecule has 1 atom stereocenters. The van der Waals surface area contributed by atoms with Gasteiger partial charge in [0.05, 0.1) is 19.3 Å². The zero-order valence-corrected chi connectivity index (χ0v) is 20.3. The Morgan fingerprint density at radius 1 is 1.19 bits per heavy atom. The highest BCUT2D eigenvalue weighted by Gasteiger charge is 2.25. The van der Waals surface area contributed by atoms with E-state index < -0.39 is 0 Å². The first-order valence-corrected chi connectivity index (χ1v) is 12.5. The summed E-state index contributed by atoms with van der Waals surface area (Å²) in [6.07, 6.45) is 7.72. The number of guanidine groups is 1. The number of ether oxygens (including phenoxy) is 2. The molecule has 3 rings (SSSR count). The lowest BCUT2D eigenvalue weighted by atomic mass is 9.98. The molecule has 0 spiro atoms. The van der Waals surface area contributed by atoms with Crippen molar-refractivity contribution in [1.29, 1.82) is 0 Å². The van der Waals surface area contributed by atoms with E-state index >= 15 is 0 Å². The number of rotatable bonds is 12. The Kier molecular flexibility index (Phi) is 10.7. The van der Waals surface area contributed by atoms with Gasteiger partial charge in [-0.2, -0.15) is 0 Å². The highest BCUT2D eigenvalue weighted by molar-refractivity contribution is 5.79. The molecule has 2 N–H and O–H groups in total.